The first-order valence-electron chi connectivity index (χ1n) is 7.66. The molecule has 7 heteroatoms. The molecule has 0 spiro atoms. The first kappa shape index (κ1) is 16.4. The Morgan fingerprint density at radius 3 is 2.88 bits per heavy atom. The molecule has 1 N–H and O–H groups in total. The molecule has 1 aromatic carbocycles. The average Bonchev–Trinajstić information content (AvgIpc) is 3.13. The number of allylic oxidation sites excluding steroid dienone is 1. The van der Waals surface area contributed by atoms with Gasteiger partial charge in [0.05, 0.1) is 13.2 Å². The van der Waals surface area contributed by atoms with Crippen LogP contribution < -0.4 is 10.3 Å². The van der Waals surface area contributed by atoms with E-state index in [9.17, 15) is 4.79 Å². The standard InChI is InChI=1S/C17H18N4O2S/c22-16(20-18-8-4-7-14-5-2-1-3-6-14)15-13-24-17(19-15)21-9-11-23-12-10-21/h1-8,13H,9-12H2,(H,20,22)/b7-4-,18-8?. The van der Waals surface area contributed by atoms with Crippen LogP contribution in [0.15, 0.2) is 46.9 Å². The summed E-state index contributed by atoms with van der Waals surface area (Å²) in [6, 6.07) is 9.88. The van der Waals surface area contributed by atoms with Crippen molar-refractivity contribution in [2.45, 2.75) is 0 Å². The van der Waals surface area contributed by atoms with Crippen LogP contribution in [0.1, 0.15) is 16.1 Å². The van der Waals surface area contributed by atoms with E-state index < -0.39 is 0 Å². The minimum absolute atomic E-state index is 0.310. The Morgan fingerprint density at radius 1 is 1.29 bits per heavy atom. The fraction of sp³-hybridized carbons (Fsp3) is 0.235. The van der Waals surface area contributed by atoms with Crippen molar-refractivity contribution in [1.82, 2.24) is 10.4 Å². The van der Waals surface area contributed by atoms with Gasteiger partial charge in [-0.2, -0.15) is 5.10 Å². The summed E-state index contributed by atoms with van der Waals surface area (Å²) in [6.45, 7) is 2.99. The van der Waals surface area contributed by atoms with Gasteiger partial charge in [0.2, 0.25) is 0 Å². The van der Waals surface area contributed by atoms with Gasteiger partial charge in [-0.1, -0.05) is 36.4 Å². The lowest BCUT2D eigenvalue weighted by molar-refractivity contribution is 0.0951. The maximum absolute atomic E-state index is 12.0. The molecule has 2 heterocycles. The van der Waals surface area contributed by atoms with Gasteiger partial charge >= 0.3 is 0 Å². The molecule has 1 aliphatic rings. The van der Waals surface area contributed by atoms with Gasteiger partial charge in [-0.15, -0.1) is 11.3 Å². The summed E-state index contributed by atoms with van der Waals surface area (Å²) >= 11 is 1.46. The molecule has 1 aromatic heterocycles. The number of morpholine rings is 1. The third kappa shape index (κ3) is 4.50. The number of benzene rings is 1. The lowest BCUT2D eigenvalue weighted by Gasteiger charge is -2.25. The highest BCUT2D eigenvalue weighted by atomic mass is 32.1. The first-order valence-corrected chi connectivity index (χ1v) is 8.54. The molecule has 1 amide bonds. The lowest BCUT2D eigenvalue weighted by Crippen LogP contribution is -2.36. The summed E-state index contributed by atoms with van der Waals surface area (Å²) in [5.74, 6) is -0.310. The molecule has 0 aliphatic carbocycles. The number of ether oxygens (including phenoxy) is 1. The minimum Gasteiger partial charge on any atom is -0.378 e. The number of anilines is 1. The number of amides is 1. The van der Waals surface area contributed by atoms with Crippen LogP contribution in [0.25, 0.3) is 6.08 Å². The molecule has 0 saturated carbocycles. The summed E-state index contributed by atoms with van der Waals surface area (Å²) in [7, 11) is 0. The number of rotatable bonds is 5. The molecular formula is C17H18N4O2S. The Kier molecular flexibility index (Phi) is 5.70. The fourth-order valence-corrected chi connectivity index (χ4v) is 3.04. The number of hydrogen-bond donors (Lipinski definition) is 1. The predicted octanol–water partition coefficient (Wildman–Crippen LogP) is 2.41. The Labute approximate surface area is 144 Å². The van der Waals surface area contributed by atoms with Gasteiger partial charge in [0.15, 0.2) is 5.13 Å². The SMILES string of the molecule is O=C(NN=C/C=C\c1ccccc1)c1csc(N2CCOCC2)n1. The Balaban J connectivity index is 1.51. The molecule has 1 fully saturated rings. The molecule has 0 unspecified atom stereocenters. The van der Waals surface area contributed by atoms with Crippen LogP contribution in [-0.4, -0.2) is 43.4 Å². The van der Waals surface area contributed by atoms with E-state index in [1.165, 1.54) is 11.3 Å². The van der Waals surface area contributed by atoms with E-state index >= 15 is 0 Å². The molecule has 1 aliphatic heterocycles. The summed E-state index contributed by atoms with van der Waals surface area (Å²) in [5.41, 5.74) is 3.94. The fourth-order valence-electron chi connectivity index (χ4n) is 2.18. The molecule has 124 valence electrons. The number of carbonyl (C=O) groups is 1. The highest BCUT2D eigenvalue weighted by Crippen LogP contribution is 2.21. The van der Waals surface area contributed by atoms with Gasteiger partial charge in [0, 0.05) is 24.7 Å². The second kappa shape index (κ2) is 8.37. The van der Waals surface area contributed by atoms with E-state index in [1.54, 1.807) is 17.7 Å². The van der Waals surface area contributed by atoms with Gasteiger partial charge in [0.1, 0.15) is 5.69 Å². The van der Waals surface area contributed by atoms with Gasteiger partial charge in [-0.3, -0.25) is 4.79 Å². The predicted molar refractivity (Wildman–Crippen MR) is 96.6 cm³/mol. The quantitative estimate of drug-likeness (QED) is 0.669. The van der Waals surface area contributed by atoms with E-state index in [0.717, 1.165) is 23.8 Å². The molecule has 6 nitrogen and oxygen atoms in total. The zero-order valence-electron chi connectivity index (χ0n) is 13.1. The largest absolute Gasteiger partial charge is 0.378 e. The maximum atomic E-state index is 12.0. The smallest absolute Gasteiger partial charge is 0.290 e. The molecule has 0 radical (unpaired) electrons. The van der Waals surface area contributed by atoms with Crippen LogP contribution >= 0.6 is 11.3 Å². The van der Waals surface area contributed by atoms with Gasteiger partial charge in [-0.05, 0) is 11.6 Å². The number of thiazole rings is 1. The number of hydrazone groups is 1. The summed E-state index contributed by atoms with van der Waals surface area (Å²) < 4.78 is 5.31. The van der Waals surface area contributed by atoms with Gasteiger partial charge < -0.3 is 9.64 Å². The molecule has 3 rings (SSSR count). The molecule has 0 bridgehead atoms. The van der Waals surface area contributed by atoms with Crippen LogP contribution in [0.5, 0.6) is 0 Å². The normalized spacial score (nSPS) is 15.2. The van der Waals surface area contributed by atoms with Crippen molar-refractivity contribution in [3.8, 4) is 0 Å². The topological polar surface area (TPSA) is 66.8 Å². The maximum Gasteiger partial charge on any atom is 0.290 e. The Morgan fingerprint density at radius 2 is 2.08 bits per heavy atom. The first-order chi connectivity index (χ1) is 11.8. The average molecular weight is 342 g/mol. The third-order valence-electron chi connectivity index (χ3n) is 3.42. The molecule has 2 aromatic rings. The van der Waals surface area contributed by atoms with E-state index in [1.807, 2.05) is 36.4 Å². The molecule has 24 heavy (non-hydrogen) atoms. The number of carbonyl (C=O) groups excluding carboxylic acids is 1. The van der Waals surface area contributed by atoms with Crippen LogP contribution in [0, 0.1) is 0 Å². The van der Waals surface area contributed by atoms with Crippen LogP contribution in [0.3, 0.4) is 0 Å². The summed E-state index contributed by atoms with van der Waals surface area (Å²) in [6.07, 6.45) is 5.23. The third-order valence-corrected chi connectivity index (χ3v) is 4.32. The van der Waals surface area contributed by atoms with E-state index in [0.29, 0.717) is 18.9 Å². The van der Waals surface area contributed by atoms with Crippen LogP contribution in [0.4, 0.5) is 5.13 Å². The lowest BCUT2D eigenvalue weighted by atomic mass is 10.2. The van der Waals surface area contributed by atoms with Crippen LogP contribution in [0.2, 0.25) is 0 Å². The highest BCUT2D eigenvalue weighted by Gasteiger charge is 2.17. The monoisotopic (exact) mass is 342 g/mol. The van der Waals surface area contributed by atoms with Crippen LogP contribution in [-0.2, 0) is 4.74 Å². The van der Waals surface area contributed by atoms with Crippen molar-refractivity contribution >= 4 is 34.7 Å². The summed E-state index contributed by atoms with van der Waals surface area (Å²) in [4.78, 5) is 18.5. The number of hydrogen-bond acceptors (Lipinski definition) is 6. The second-order valence-corrected chi connectivity index (χ2v) is 5.94. The van der Waals surface area contributed by atoms with E-state index in [4.69, 9.17) is 4.74 Å². The van der Waals surface area contributed by atoms with Crippen molar-refractivity contribution in [1.29, 1.82) is 0 Å². The van der Waals surface area contributed by atoms with Gasteiger partial charge in [-0.25, -0.2) is 10.4 Å². The van der Waals surface area contributed by atoms with Gasteiger partial charge in [0.25, 0.3) is 5.91 Å². The molecule has 0 atom stereocenters. The molecular weight excluding hydrogens is 324 g/mol. The van der Waals surface area contributed by atoms with Crippen molar-refractivity contribution in [2.75, 3.05) is 31.2 Å². The zero-order chi connectivity index (χ0) is 16.6. The van der Waals surface area contributed by atoms with Crippen molar-refractivity contribution in [2.24, 2.45) is 5.10 Å². The van der Waals surface area contributed by atoms with Crippen molar-refractivity contribution in [3.05, 3.63) is 53.0 Å². The number of nitrogens with zero attached hydrogens (tertiary/aromatic N) is 3. The van der Waals surface area contributed by atoms with Crippen molar-refractivity contribution in [3.63, 3.8) is 0 Å². The number of aromatic nitrogens is 1. The zero-order valence-corrected chi connectivity index (χ0v) is 13.9. The van der Waals surface area contributed by atoms with Crippen molar-refractivity contribution < 1.29 is 9.53 Å². The number of nitrogens with one attached hydrogen (secondary N) is 1. The minimum atomic E-state index is -0.310. The molecule has 1 saturated heterocycles. The Hall–Kier alpha value is -2.51. The Bertz CT molecular complexity index is 721. The van der Waals surface area contributed by atoms with E-state index in [2.05, 4.69) is 20.4 Å². The van der Waals surface area contributed by atoms with E-state index in [-0.39, 0.29) is 5.91 Å². The summed E-state index contributed by atoms with van der Waals surface area (Å²) in [5, 5.41) is 6.49. The highest BCUT2D eigenvalue weighted by molar-refractivity contribution is 7.13. The second-order valence-electron chi connectivity index (χ2n) is 5.10.